The molecule has 4 heteroatoms. The van der Waals surface area contributed by atoms with E-state index in [1.807, 2.05) is 0 Å². The fourth-order valence-electron chi connectivity index (χ4n) is 2.54. The molecule has 0 aliphatic heterocycles. The standard InChI is InChI=1S/C13H28O3Si/c1-17(2,16-13-8-3-4-9-13)10-6-5-7-12(15)11-14/h12-15H,3-11H2,1-2H3. The lowest BCUT2D eigenvalue weighted by Gasteiger charge is -2.27. The number of aliphatic hydroxyl groups is 2. The first kappa shape index (κ1) is 15.2. The molecular formula is C13H28O3Si. The van der Waals surface area contributed by atoms with E-state index in [1.165, 1.54) is 31.7 Å². The summed E-state index contributed by atoms with van der Waals surface area (Å²) in [5, 5.41) is 18.0. The number of aliphatic hydroxyl groups excluding tert-OH is 2. The molecule has 3 nitrogen and oxygen atoms in total. The van der Waals surface area contributed by atoms with Crippen molar-refractivity contribution >= 4 is 8.32 Å². The van der Waals surface area contributed by atoms with E-state index >= 15 is 0 Å². The summed E-state index contributed by atoms with van der Waals surface area (Å²) in [6, 6.07) is 1.17. The minimum Gasteiger partial charge on any atom is -0.414 e. The molecule has 0 spiro atoms. The first-order valence-corrected chi connectivity index (χ1v) is 10.1. The highest BCUT2D eigenvalue weighted by atomic mass is 28.4. The molecule has 0 bridgehead atoms. The molecule has 0 amide bonds. The van der Waals surface area contributed by atoms with Crippen LogP contribution in [0.1, 0.15) is 44.9 Å². The average Bonchev–Trinajstić information content (AvgIpc) is 2.76. The summed E-state index contributed by atoms with van der Waals surface area (Å²) in [6.07, 6.45) is 7.98. The van der Waals surface area contributed by atoms with Crippen LogP contribution in [0.3, 0.4) is 0 Å². The first-order valence-electron chi connectivity index (χ1n) is 7.00. The summed E-state index contributed by atoms with van der Waals surface area (Å²) in [5.74, 6) is 0. The van der Waals surface area contributed by atoms with E-state index in [1.54, 1.807) is 0 Å². The van der Waals surface area contributed by atoms with E-state index in [0.29, 0.717) is 12.5 Å². The maximum Gasteiger partial charge on any atom is 0.187 e. The molecule has 2 N–H and O–H groups in total. The quantitative estimate of drug-likeness (QED) is 0.521. The van der Waals surface area contributed by atoms with Crippen LogP contribution in [0.5, 0.6) is 0 Å². The van der Waals surface area contributed by atoms with Gasteiger partial charge in [0.2, 0.25) is 0 Å². The molecule has 17 heavy (non-hydrogen) atoms. The zero-order valence-electron chi connectivity index (χ0n) is 11.3. The lowest BCUT2D eigenvalue weighted by molar-refractivity contribution is 0.0863. The highest BCUT2D eigenvalue weighted by molar-refractivity contribution is 6.71. The van der Waals surface area contributed by atoms with Crippen molar-refractivity contribution in [1.29, 1.82) is 0 Å². The van der Waals surface area contributed by atoms with E-state index in [-0.39, 0.29) is 6.61 Å². The van der Waals surface area contributed by atoms with Crippen molar-refractivity contribution in [1.82, 2.24) is 0 Å². The van der Waals surface area contributed by atoms with E-state index < -0.39 is 14.4 Å². The molecule has 0 aromatic heterocycles. The third kappa shape index (κ3) is 6.55. The van der Waals surface area contributed by atoms with Gasteiger partial charge in [0.05, 0.1) is 12.7 Å². The second-order valence-electron chi connectivity index (χ2n) is 5.87. The maximum absolute atomic E-state index is 9.25. The van der Waals surface area contributed by atoms with Crippen LogP contribution in [0, 0.1) is 0 Å². The Morgan fingerprint density at radius 2 is 1.88 bits per heavy atom. The Morgan fingerprint density at radius 1 is 1.24 bits per heavy atom. The van der Waals surface area contributed by atoms with Crippen LogP contribution < -0.4 is 0 Å². The van der Waals surface area contributed by atoms with Gasteiger partial charge in [-0.05, 0) is 38.4 Å². The van der Waals surface area contributed by atoms with E-state index in [9.17, 15) is 5.11 Å². The van der Waals surface area contributed by atoms with Crippen molar-refractivity contribution in [2.75, 3.05) is 6.61 Å². The average molecular weight is 260 g/mol. The molecule has 1 aliphatic rings. The van der Waals surface area contributed by atoms with Crippen LogP contribution in [-0.2, 0) is 4.43 Å². The smallest absolute Gasteiger partial charge is 0.187 e. The molecule has 1 atom stereocenters. The van der Waals surface area contributed by atoms with Crippen LogP contribution in [0.25, 0.3) is 0 Å². The van der Waals surface area contributed by atoms with E-state index in [0.717, 1.165) is 12.8 Å². The van der Waals surface area contributed by atoms with Crippen LogP contribution in [-0.4, -0.2) is 37.3 Å². The number of hydrogen-bond donors (Lipinski definition) is 2. The van der Waals surface area contributed by atoms with Gasteiger partial charge in [-0.3, -0.25) is 0 Å². The number of unbranched alkanes of at least 4 members (excludes halogenated alkanes) is 1. The first-order chi connectivity index (χ1) is 8.03. The summed E-state index contributed by atoms with van der Waals surface area (Å²) >= 11 is 0. The van der Waals surface area contributed by atoms with Crippen molar-refractivity contribution in [3.63, 3.8) is 0 Å². The zero-order valence-corrected chi connectivity index (χ0v) is 12.3. The summed E-state index contributed by atoms with van der Waals surface area (Å²) in [5.41, 5.74) is 0. The molecule has 0 saturated heterocycles. The van der Waals surface area contributed by atoms with Gasteiger partial charge in [-0.1, -0.05) is 25.7 Å². The highest BCUT2D eigenvalue weighted by Crippen LogP contribution is 2.27. The number of hydrogen-bond acceptors (Lipinski definition) is 3. The zero-order chi connectivity index (χ0) is 12.7. The predicted octanol–water partition coefficient (Wildman–Crippen LogP) is 2.67. The molecule has 0 aromatic carbocycles. The molecule has 0 heterocycles. The molecule has 1 saturated carbocycles. The Balaban J connectivity index is 2.10. The molecule has 0 radical (unpaired) electrons. The summed E-state index contributed by atoms with van der Waals surface area (Å²) in [6.45, 7) is 4.49. The maximum atomic E-state index is 9.25. The minimum atomic E-state index is -1.49. The van der Waals surface area contributed by atoms with Gasteiger partial charge in [0.25, 0.3) is 0 Å². The van der Waals surface area contributed by atoms with Crippen molar-refractivity contribution in [3.05, 3.63) is 0 Å². The Morgan fingerprint density at radius 3 is 2.47 bits per heavy atom. The van der Waals surface area contributed by atoms with Gasteiger partial charge in [-0.25, -0.2) is 0 Å². The SMILES string of the molecule is C[Si](C)(CCCCC(O)CO)OC1CCCC1. The van der Waals surface area contributed by atoms with Gasteiger partial charge < -0.3 is 14.6 Å². The van der Waals surface area contributed by atoms with Gasteiger partial charge in [0.1, 0.15) is 0 Å². The van der Waals surface area contributed by atoms with Gasteiger partial charge in [0, 0.05) is 6.10 Å². The summed E-state index contributed by atoms with van der Waals surface area (Å²) in [4.78, 5) is 0. The molecular weight excluding hydrogens is 232 g/mol. The normalized spacial score (nSPS) is 19.8. The van der Waals surface area contributed by atoms with Gasteiger partial charge in [0.15, 0.2) is 8.32 Å². The molecule has 1 aliphatic carbocycles. The molecule has 102 valence electrons. The summed E-state index contributed by atoms with van der Waals surface area (Å²) in [7, 11) is -1.49. The van der Waals surface area contributed by atoms with E-state index in [2.05, 4.69) is 13.1 Å². The molecule has 1 unspecified atom stereocenters. The summed E-state index contributed by atoms with van der Waals surface area (Å²) < 4.78 is 6.26. The van der Waals surface area contributed by atoms with Crippen LogP contribution in [0.15, 0.2) is 0 Å². The Labute approximate surface area is 106 Å². The van der Waals surface area contributed by atoms with E-state index in [4.69, 9.17) is 9.53 Å². The lowest BCUT2D eigenvalue weighted by Crippen LogP contribution is -2.34. The van der Waals surface area contributed by atoms with Crippen LogP contribution in [0.2, 0.25) is 19.1 Å². The Kier molecular flexibility index (Phi) is 6.70. The Hall–Kier alpha value is 0.0969. The number of rotatable bonds is 8. The van der Waals surface area contributed by atoms with Crippen molar-refractivity contribution in [2.24, 2.45) is 0 Å². The minimum absolute atomic E-state index is 0.112. The fraction of sp³-hybridized carbons (Fsp3) is 1.00. The molecule has 1 rings (SSSR count). The Bertz CT molecular complexity index is 203. The fourth-order valence-corrected chi connectivity index (χ4v) is 4.90. The second kappa shape index (κ2) is 7.51. The van der Waals surface area contributed by atoms with Gasteiger partial charge >= 0.3 is 0 Å². The van der Waals surface area contributed by atoms with Crippen molar-refractivity contribution in [3.8, 4) is 0 Å². The lowest BCUT2D eigenvalue weighted by atomic mass is 10.2. The van der Waals surface area contributed by atoms with Crippen LogP contribution >= 0.6 is 0 Å². The molecule has 0 aromatic rings. The van der Waals surface area contributed by atoms with Crippen molar-refractivity contribution in [2.45, 2.75) is 76.3 Å². The monoisotopic (exact) mass is 260 g/mol. The largest absolute Gasteiger partial charge is 0.414 e. The highest BCUT2D eigenvalue weighted by Gasteiger charge is 2.27. The van der Waals surface area contributed by atoms with Crippen molar-refractivity contribution < 1.29 is 14.6 Å². The van der Waals surface area contributed by atoms with Gasteiger partial charge in [-0.15, -0.1) is 0 Å². The topological polar surface area (TPSA) is 49.7 Å². The predicted molar refractivity (Wildman–Crippen MR) is 72.6 cm³/mol. The molecule has 1 fully saturated rings. The van der Waals surface area contributed by atoms with Gasteiger partial charge in [-0.2, -0.15) is 0 Å². The second-order valence-corrected chi connectivity index (χ2v) is 10.1. The third-order valence-electron chi connectivity index (χ3n) is 3.56. The van der Waals surface area contributed by atoms with Crippen LogP contribution in [0.4, 0.5) is 0 Å². The third-order valence-corrected chi connectivity index (χ3v) is 6.09.